The molecular formula is C25H18ClN3. The molecule has 0 radical (unpaired) electrons. The smallest absolute Gasteiger partial charge is 0.154 e. The van der Waals surface area contributed by atoms with Gasteiger partial charge in [0, 0.05) is 27.1 Å². The standard InChI is InChI=1S/C25H18ClN3/c1-16-6-8-18(9-7-16)23-22-15-12-17-4-2-3-5-21(17)24(22)27-25(29-28-23)19-10-13-20(26)14-11-19/h2-15H,1H3,(H,27,29). The van der Waals surface area contributed by atoms with Crippen molar-refractivity contribution >= 4 is 39.6 Å². The molecule has 1 aliphatic heterocycles. The fourth-order valence-electron chi connectivity index (χ4n) is 3.54. The first-order chi connectivity index (χ1) is 14.2. The number of nitrogens with zero attached hydrogens (tertiary/aromatic N) is 2. The van der Waals surface area contributed by atoms with Crippen LogP contribution >= 0.6 is 11.6 Å². The summed E-state index contributed by atoms with van der Waals surface area (Å²) in [6.45, 7) is 2.08. The van der Waals surface area contributed by atoms with E-state index in [9.17, 15) is 0 Å². The molecule has 0 spiro atoms. The zero-order valence-corrected chi connectivity index (χ0v) is 16.6. The van der Waals surface area contributed by atoms with Gasteiger partial charge in [-0.25, -0.2) is 4.99 Å². The Balaban J connectivity index is 1.76. The average Bonchev–Trinajstić information content (AvgIpc) is 2.95. The van der Waals surface area contributed by atoms with Gasteiger partial charge in [-0.2, -0.15) is 5.10 Å². The Morgan fingerprint density at radius 3 is 2.28 bits per heavy atom. The highest BCUT2D eigenvalue weighted by atomic mass is 35.5. The van der Waals surface area contributed by atoms with E-state index in [2.05, 4.69) is 60.9 Å². The van der Waals surface area contributed by atoms with Crippen molar-refractivity contribution in [2.75, 3.05) is 0 Å². The van der Waals surface area contributed by atoms with Gasteiger partial charge in [0.2, 0.25) is 0 Å². The summed E-state index contributed by atoms with van der Waals surface area (Å²) in [5, 5.41) is 7.69. The van der Waals surface area contributed by atoms with Crippen molar-refractivity contribution in [1.29, 1.82) is 0 Å². The van der Waals surface area contributed by atoms with Crippen LogP contribution in [0.3, 0.4) is 0 Å². The van der Waals surface area contributed by atoms with Crippen molar-refractivity contribution in [3.05, 3.63) is 112 Å². The van der Waals surface area contributed by atoms with Crippen LogP contribution in [0.1, 0.15) is 22.3 Å². The van der Waals surface area contributed by atoms with Crippen LogP contribution in [0, 0.1) is 6.92 Å². The highest BCUT2D eigenvalue weighted by Gasteiger charge is 2.19. The topological polar surface area (TPSA) is 36.8 Å². The molecule has 4 aromatic carbocycles. The summed E-state index contributed by atoms with van der Waals surface area (Å²) in [4.78, 5) is 5.01. The Bertz CT molecular complexity index is 1270. The van der Waals surface area contributed by atoms with Crippen LogP contribution in [0.4, 0.5) is 5.69 Å². The van der Waals surface area contributed by atoms with Gasteiger partial charge in [-0.05, 0) is 42.6 Å². The van der Waals surface area contributed by atoms with Gasteiger partial charge in [0.05, 0.1) is 11.4 Å². The Morgan fingerprint density at radius 1 is 0.759 bits per heavy atom. The lowest BCUT2D eigenvalue weighted by molar-refractivity contribution is 1.03. The Labute approximate surface area is 174 Å². The number of aryl methyl sites for hydroxylation is 1. The van der Waals surface area contributed by atoms with Gasteiger partial charge in [-0.1, -0.05) is 71.8 Å². The molecule has 0 fully saturated rings. The van der Waals surface area contributed by atoms with Gasteiger partial charge in [0.15, 0.2) is 5.84 Å². The summed E-state index contributed by atoms with van der Waals surface area (Å²) in [6, 6.07) is 28.6. The number of hydrogen-bond acceptors (Lipinski definition) is 3. The largest absolute Gasteiger partial charge is 0.260 e. The Kier molecular flexibility index (Phi) is 4.38. The molecule has 4 heteroatoms. The summed E-state index contributed by atoms with van der Waals surface area (Å²) < 4.78 is 0. The molecule has 1 aliphatic rings. The van der Waals surface area contributed by atoms with Gasteiger partial charge in [-0.15, -0.1) is 0 Å². The van der Waals surface area contributed by atoms with Crippen LogP contribution in [-0.4, -0.2) is 11.5 Å². The molecule has 0 atom stereocenters. The van der Waals surface area contributed by atoms with E-state index < -0.39 is 0 Å². The molecule has 1 heterocycles. The maximum Gasteiger partial charge on any atom is 0.154 e. The molecule has 0 amide bonds. The number of aliphatic imine (C=N–C) groups is 1. The Morgan fingerprint density at radius 2 is 1.48 bits per heavy atom. The predicted octanol–water partition coefficient (Wildman–Crippen LogP) is 6.24. The molecule has 1 N–H and O–H groups in total. The number of benzene rings is 4. The Hall–Kier alpha value is -3.43. The minimum atomic E-state index is 0.692. The number of hydrazone groups is 1. The third kappa shape index (κ3) is 3.30. The van der Waals surface area contributed by atoms with Crippen molar-refractivity contribution in [3.63, 3.8) is 0 Å². The summed E-state index contributed by atoms with van der Waals surface area (Å²) in [5.74, 6) is 0.696. The number of rotatable bonds is 2. The molecule has 0 unspecified atom stereocenters. The summed E-state index contributed by atoms with van der Waals surface area (Å²) in [5.41, 5.74) is 9.18. The van der Waals surface area contributed by atoms with Crippen molar-refractivity contribution < 1.29 is 0 Å². The molecule has 0 saturated heterocycles. The van der Waals surface area contributed by atoms with E-state index in [1.54, 1.807) is 0 Å². The van der Waals surface area contributed by atoms with Crippen molar-refractivity contribution in [1.82, 2.24) is 5.43 Å². The molecule has 140 valence electrons. The second kappa shape index (κ2) is 7.19. The number of fused-ring (bicyclic) bond motifs is 3. The molecule has 29 heavy (non-hydrogen) atoms. The molecule has 0 bridgehead atoms. The summed E-state index contributed by atoms with van der Waals surface area (Å²) in [6.07, 6.45) is 0. The van der Waals surface area contributed by atoms with E-state index in [0.717, 1.165) is 38.9 Å². The second-order valence-electron chi connectivity index (χ2n) is 7.09. The highest BCUT2D eigenvalue weighted by Crippen LogP contribution is 2.33. The van der Waals surface area contributed by atoms with Crippen molar-refractivity contribution in [2.45, 2.75) is 6.92 Å². The number of amidine groups is 1. The monoisotopic (exact) mass is 395 g/mol. The normalized spacial score (nSPS) is 13.2. The van der Waals surface area contributed by atoms with Gasteiger partial charge in [-0.3, -0.25) is 5.43 Å². The fourth-order valence-corrected chi connectivity index (χ4v) is 3.67. The second-order valence-corrected chi connectivity index (χ2v) is 7.52. The maximum absolute atomic E-state index is 6.07. The zero-order chi connectivity index (χ0) is 19.8. The van der Waals surface area contributed by atoms with Crippen LogP contribution in [-0.2, 0) is 0 Å². The molecular weight excluding hydrogens is 378 g/mol. The van der Waals surface area contributed by atoms with Crippen LogP contribution in [0.15, 0.2) is 95.0 Å². The lowest BCUT2D eigenvalue weighted by Gasteiger charge is -2.10. The number of nitrogens with one attached hydrogen (secondary N) is 1. The molecule has 0 aromatic heterocycles. The van der Waals surface area contributed by atoms with Crippen LogP contribution in [0.2, 0.25) is 5.02 Å². The van der Waals surface area contributed by atoms with E-state index in [1.165, 1.54) is 5.56 Å². The van der Waals surface area contributed by atoms with Gasteiger partial charge in [0.25, 0.3) is 0 Å². The van der Waals surface area contributed by atoms with E-state index in [-0.39, 0.29) is 0 Å². The first kappa shape index (κ1) is 17.7. The third-order valence-corrected chi connectivity index (χ3v) is 5.35. The first-order valence-corrected chi connectivity index (χ1v) is 9.84. The lowest BCUT2D eigenvalue weighted by atomic mass is 9.96. The third-order valence-electron chi connectivity index (χ3n) is 5.10. The molecule has 0 saturated carbocycles. The molecule has 0 aliphatic carbocycles. The van der Waals surface area contributed by atoms with E-state index in [0.29, 0.717) is 10.9 Å². The van der Waals surface area contributed by atoms with Crippen LogP contribution < -0.4 is 5.43 Å². The summed E-state index contributed by atoms with van der Waals surface area (Å²) in [7, 11) is 0. The SMILES string of the molecule is Cc1ccc(C2=NNC(c3ccc(Cl)cc3)=Nc3c2ccc2ccccc32)cc1. The van der Waals surface area contributed by atoms with Crippen molar-refractivity contribution in [3.8, 4) is 0 Å². The summed E-state index contributed by atoms with van der Waals surface area (Å²) >= 11 is 6.07. The van der Waals surface area contributed by atoms with Crippen LogP contribution in [0.5, 0.6) is 0 Å². The zero-order valence-electron chi connectivity index (χ0n) is 15.9. The molecule has 5 rings (SSSR count). The first-order valence-electron chi connectivity index (χ1n) is 9.46. The quantitative estimate of drug-likeness (QED) is 0.428. The molecule has 3 nitrogen and oxygen atoms in total. The average molecular weight is 396 g/mol. The minimum absolute atomic E-state index is 0.692. The van der Waals surface area contributed by atoms with Gasteiger partial charge >= 0.3 is 0 Å². The van der Waals surface area contributed by atoms with Gasteiger partial charge in [0.1, 0.15) is 0 Å². The van der Waals surface area contributed by atoms with E-state index in [4.69, 9.17) is 21.7 Å². The van der Waals surface area contributed by atoms with Gasteiger partial charge < -0.3 is 0 Å². The predicted molar refractivity (Wildman–Crippen MR) is 122 cm³/mol. The lowest BCUT2D eigenvalue weighted by Crippen LogP contribution is -2.19. The highest BCUT2D eigenvalue weighted by molar-refractivity contribution is 6.30. The number of halogens is 1. The maximum atomic E-state index is 6.07. The minimum Gasteiger partial charge on any atom is -0.260 e. The van der Waals surface area contributed by atoms with E-state index in [1.807, 2.05) is 36.4 Å². The fraction of sp³-hybridized carbons (Fsp3) is 0.0400. The van der Waals surface area contributed by atoms with Crippen LogP contribution in [0.25, 0.3) is 10.8 Å². The molecule has 4 aromatic rings. The van der Waals surface area contributed by atoms with E-state index >= 15 is 0 Å². The number of hydrogen-bond donors (Lipinski definition) is 1. The van der Waals surface area contributed by atoms with Crippen molar-refractivity contribution in [2.24, 2.45) is 10.1 Å².